The zero-order valence-electron chi connectivity index (χ0n) is 20.4. The van der Waals surface area contributed by atoms with E-state index in [0.717, 1.165) is 17.2 Å². The average molecular weight is 507 g/mol. The Morgan fingerprint density at radius 1 is 1.11 bits per heavy atom. The minimum atomic E-state index is -1.01. The standard InChI is InChI=1S/C27H23F2N3O5/c1-5-24(34)31-18-8-6-7-14(2)16(18)9-15-10-19-23(13-30-15)37-27(32-19)20(33)11-17-25(28)21(35-3)12-22(36-4)26(17)29/h5-8,10,12-13H,1,9,11H2,2-4H3,(H,31,34). The quantitative estimate of drug-likeness (QED) is 0.252. The van der Waals surface area contributed by atoms with Crippen LogP contribution in [0.2, 0.25) is 0 Å². The van der Waals surface area contributed by atoms with E-state index in [1.165, 1.54) is 26.5 Å². The topological polar surface area (TPSA) is 104 Å². The number of oxazole rings is 1. The first kappa shape index (κ1) is 25.5. The highest BCUT2D eigenvalue weighted by molar-refractivity contribution is 5.99. The Morgan fingerprint density at radius 2 is 1.81 bits per heavy atom. The molecule has 0 fully saturated rings. The highest BCUT2D eigenvalue weighted by Crippen LogP contribution is 2.32. The van der Waals surface area contributed by atoms with Crippen molar-refractivity contribution in [2.24, 2.45) is 0 Å². The van der Waals surface area contributed by atoms with E-state index in [0.29, 0.717) is 23.3 Å². The molecule has 0 saturated carbocycles. The Bertz CT molecular complexity index is 1500. The van der Waals surface area contributed by atoms with Crippen LogP contribution in [0.15, 0.2) is 53.6 Å². The molecule has 1 amide bonds. The lowest BCUT2D eigenvalue weighted by molar-refractivity contribution is -0.111. The first-order chi connectivity index (χ1) is 17.7. The molecule has 2 aromatic heterocycles. The molecule has 0 aliphatic carbocycles. The molecule has 1 N–H and O–H groups in total. The van der Waals surface area contributed by atoms with Crippen molar-refractivity contribution in [1.29, 1.82) is 0 Å². The molecule has 0 spiro atoms. The Kier molecular flexibility index (Phi) is 7.28. The van der Waals surface area contributed by atoms with E-state index in [2.05, 4.69) is 21.9 Å². The van der Waals surface area contributed by atoms with Crippen molar-refractivity contribution in [1.82, 2.24) is 9.97 Å². The second kappa shape index (κ2) is 10.6. The number of methoxy groups -OCH3 is 2. The van der Waals surface area contributed by atoms with Gasteiger partial charge in [-0.3, -0.25) is 14.6 Å². The van der Waals surface area contributed by atoms with Crippen LogP contribution < -0.4 is 14.8 Å². The number of carbonyl (C=O) groups excluding carboxylic acids is 2. The summed E-state index contributed by atoms with van der Waals surface area (Å²) in [4.78, 5) is 33.3. The van der Waals surface area contributed by atoms with Crippen molar-refractivity contribution in [2.45, 2.75) is 19.8 Å². The summed E-state index contributed by atoms with van der Waals surface area (Å²) in [5, 5.41) is 2.78. The van der Waals surface area contributed by atoms with Gasteiger partial charge in [0.05, 0.1) is 20.4 Å². The van der Waals surface area contributed by atoms with Crippen LogP contribution in [-0.2, 0) is 17.6 Å². The summed E-state index contributed by atoms with van der Waals surface area (Å²) in [6, 6.07) is 8.23. The number of nitrogens with one attached hydrogen (secondary N) is 1. The molecule has 190 valence electrons. The van der Waals surface area contributed by atoms with Gasteiger partial charge in [0, 0.05) is 35.9 Å². The Balaban J connectivity index is 1.62. The summed E-state index contributed by atoms with van der Waals surface area (Å²) in [5.74, 6) is -3.92. The predicted octanol–water partition coefficient (Wildman–Crippen LogP) is 4.97. The number of benzene rings is 2. The Labute approximate surface area is 210 Å². The minimum Gasteiger partial charge on any atom is -0.494 e. The van der Waals surface area contributed by atoms with Gasteiger partial charge in [-0.05, 0) is 36.3 Å². The van der Waals surface area contributed by atoms with Crippen molar-refractivity contribution in [2.75, 3.05) is 19.5 Å². The number of amides is 1. The smallest absolute Gasteiger partial charge is 0.264 e. The Morgan fingerprint density at radius 3 is 2.46 bits per heavy atom. The van der Waals surface area contributed by atoms with Crippen LogP contribution in [0, 0.1) is 18.6 Å². The van der Waals surface area contributed by atoms with Gasteiger partial charge in [-0.25, -0.2) is 13.8 Å². The van der Waals surface area contributed by atoms with Crippen LogP contribution in [0.4, 0.5) is 14.5 Å². The fraction of sp³-hybridized carbons (Fsp3) is 0.185. The molecule has 2 aromatic carbocycles. The lowest BCUT2D eigenvalue weighted by Crippen LogP contribution is -2.10. The number of aryl methyl sites for hydroxylation is 1. The molecule has 0 atom stereocenters. The van der Waals surface area contributed by atoms with Gasteiger partial charge in [-0.15, -0.1) is 0 Å². The van der Waals surface area contributed by atoms with Crippen molar-refractivity contribution in [3.8, 4) is 11.5 Å². The summed E-state index contributed by atoms with van der Waals surface area (Å²) in [5.41, 5.74) is 3.10. The van der Waals surface area contributed by atoms with Crippen LogP contribution in [-0.4, -0.2) is 35.9 Å². The van der Waals surface area contributed by atoms with Crippen LogP contribution in [0.1, 0.15) is 33.1 Å². The molecule has 10 heteroatoms. The SMILES string of the molecule is C=CC(=O)Nc1cccc(C)c1Cc1cc2nc(C(=O)Cc3c(F)c(OC)cc(OC)c3F)oc2cn1. The van der Waals surface area contributed by atoms with Crippen LogP contribution in [0.5, 0.6) is 11.5 Å². The Hall–Kier alpha value is -4.60. The van der Waals surface area contributed by atoms with E-state index in [4.69, 9.17) is 13.9 Å². The van der Waals surface area contributed by atoms with E-state index in [1.807, 2.05) is 19.1 Å². The number of hydrogen-bond acceptors (Lipinski definition) is 7. The normalized spacial score (nSPS) is 10.8. The molecule has 2 heterocycles. The third-order valence-electron chi connectivity index (χ3n) is 5.78. The van der Waals surface area contributed by atoms with Crippen molar-refractivity contribution in [3.05, 3.63) is 89.1 Å². The molecule has 37 heavy (non-hydrogen) atoms. The van der Waals surface area contributed by atoms with Gasteiger partial charge in [-0.2, -0.15) is 0 Å². The second-order valence-electron chi connectivity index (χ2n) is 8.12. The number of ketones is 1. The highest BCUT2D eigenvalue weighted by Gasteiger charge is 2.25. The van der Waals surface area contributed by atoms with Crippen LogP contribution >= 0.6 is 0 Å². The number of anilines is 1. The number of carbonyl (C=O) groups is 2. The molecule has 4 rings (SSSR count). The minimum absolute atomic E-state index is 0.237. The van der Waals surface area contributed by atoms with Gasteiger partial charge in [0.25, 0.3) is 5.89 Å². The summed E-state index contributed by atoms with van der Waals surface area (Å²) < 4.78 is 44.7. The lowest BCUT2D eigenvalue weighted by Gasteiger charge is -2.12. The monoisotopic (exact) mass is 507 g/mol. The number of fused-ring (bicyclic) bond motifs is 1. The lowest BCUT2D eigenvalue weighted by atomic mass is 10.0. The van der Waals surface area contributed by atoms with E-state index < -0.39 is 29.4 Å². The largest absolute Gasteiger partial charge is 0.494 e. The van der Waals surface area contributed by atoms with E-state index in [9.17, 15) is 18.4 Å². The first-order valence-corrected chi connectivity index (χ1v) is 11.1. The number of pyridine rings is 1. The molecular weight excluding hydrogens is 484 g/mol. The molecular formula is C27H23F2N3O5. The van der Waals surface area contributed by atoms with Gasteiger partial charge >= 0.3 is 0 Å². The van der Waals surface area contributed by atoms with Gasteiger partial charge in [0.1, 0.15) is 5.52 Å². The number of rotatable bonds is 9. The molecule has 0 saturated heterocycles. The summed E-state index contributed by atoms with van der Waals surface area (Å²) in [7, 11) is 2.44. The maximum Gasteiger partial charge on any atom is 0.264 e. The zero-order valence-corrected chi connectivity index (χ0v) is 20.4. The zero-order chi connectivity index (χ0) is 26.7. The van der Waals surface area contributed by atoms with Gasteiger partial charge in [-0.1, -0.05) is 18.7 Å². The molecule has 0 unspecified atom stereocenters. The number of Topliss-reactive ketones (excluding diaryl/α,β-unsaturated/α-hetero) is 1. The summed E-state index contributed by atoms with van der Waals surface area (Å²) in [6.45, 7) is 5.38. The van der Waals surface area contributed by atoms with Crippen molar-refractivity contribution in [3.63, 3.8) is 0 Å². The van der Waals surface area contributed by atoms with E-state index in [-0.39, 0.29) is 28.9 Å². The van der Waals surface area contributed by atoms with E-state index in [1.54, 1.807) is 12.1 Å². The van der Waals surface area contributed by atoms with Crippen LogP contribution in [0.3, 0.4) is 0 Å². The van der Waals surface area contributed by atoms with Gasteiger partial charge < -0.3 is 19.2 Å². The fourth-order valence-electron chi connectivity index (χ4n) is 3.84. The van der Waals surface area contributed by atoms with Gasteiger partial charge in [0.2, 0.25) is 11.7 Å². The number of hydrogen-bond donors (Lipinski definition) is 1. The number of nitrogens with zero attached hydrogens (tertiary/aromatic N) is 2. The van der Waals surface area contributed by atoms with Crippen molar-refractivity contribution >= 4 is 28.5 Å². The number of ether oxygens (including phenoxy) is 2. The third kappa shape index (κ3) is 5.18. The molecule has 4 aromatic rings. The predicted molar refractivity (Wildman–Crippen MR) is 132 cm³/mol. The van der Waals surface area contributed by atoms with Gasteiger partial charge in [0.15, 0.2) is 28.7 Å². The average Bonchev–Trinajstić information content (AvgIpc) is 3.32. The molecule has 0 bridgehead atoms. The maximum atomic E-state index is 14.7. The number of aromatic nitrogens is 2. The molecule has 8 nitrogen and oxygen atoms in total. The fourth-order valence-corrected chi connectivity index (χ4v) is 3.84. The second-order valence-corrected chi connectivity index (χ2v) is 8.12. The highest BCUT2D eigenvalue weighted by atomic mass is 19.1. The molecule has 0 aliphatic rings. The number of halogens is 2. The molecule has 0 aliphatic heterocycles. The third-order valence-corrected chi connectivity index (χ3v) is 5.78. The van der Waals surface area contributed by atoms with Crippen molar-refractivity contribution < 1.29 is 32.3 Å². The summed E-state index contributed by atoms with van der Waals surface area (Å²) in [6.07, 6.45) is 2.31. The first-order valence-electron chi connectivity index (χ1n) is 11.1. The summed E-state index contributed by atoms with van der Waals surface area (Å²) >= 11 is 0. The van der Waals surface area contributed by atoms with E-state index >= 15 is 0 Å². The maximum absolute atomic E-state index is 14.7. The van der Waals surface area contributed by atoms with Crippen LogP contribution in [0.25, 0.3) is 11.1 Å². The molecule has 0 radical (unpaired) electrons.